The predicted octanol–water partition coefficient (Wildman–Crippen LogP) is 2.72. The van der Waals surface area contributed by atoms with E-state index in [9.17, 15) is 9.59 Å². The van der Waals surface area contributed by atoms with Crippen LogP contribution >= 0.6 is 0 Å². The number of carboxylic acid groups (broad SMARTS) is 1. The lowest BCUT2D eigenvalue weighted by atomic mass is 10.0. The third-order valence-corrected chi connectivity index (χ3v) is 3.96. The number of hydrogen-bond acceptors (Lipinski definition) is 2. The summed E-state index contributed by atoms with van der Waals surface area (Å²) < 4.78 is 0. The number of carboxylic acids is 1. The molecule has 1 aromatic carbocycles. The van der Waals surface area contributed by atoms with Gasteiger partial charge in [-0.15, -0.1) is 0 Å². The molecule has 1 aliphatic carbocycles. The molecule has 0 saturated heterocycles. The molecule has 4 heteroatoms. The molecule has 0 aliphatic heterocycles. The first kappa shape index (κ1) is 14.6. The Morgan fingerprint density at radius 1 is 1.25 bits per heavy atom. The zero-order valence-electron chi connectivity index (χ0n) is 11.8. The van der Waals surface area contributed by atoms with Gasteiger partial charge in [-0.3, -0.25) is 9.59 Å². The van der Waals surface area contributed by atoms with Gasteiger partial charge in [-0.05, 0) is 30.9 Å². The van der Waals surface area contributed by atoms with Crippen molar-refractivity contribution in [3.63, 3.8) is 0 Å². The molecule has 0 aromatic heterocycles. The van der Waals surface area contributed by atoms with Crippen molar-refractivity contribution in [3.8, 4) is 0 Å². The summed E-state index contributed by atoms with van der Waals surface area (Å²) in [6.45, 7) is 1.80. The number of carbonyl (C=O) groups excluding carboxylic acids is 1. The molecule has 1 fully saturated rings. The van der Waals surface area contributed by atoms with Gasteiger partial charge >= 0.3 is 5.97 Å². The zero-order chi connectivity index (χ0) is 14.5. The smallest absolute Gasteiger partial charge is 0.323 e. The molecule has 1 N–H and O–H groups in total. The molecule has 1 aliphatic rings. The summed E-state index contributed by atoms with van der Waals surface area (Å²) in [4.78, 5) is 25.3. The highest BCUT2D eigenvalue weighted by molar-refractivity contribution is 5.97. The molecule has 1 aromatic rings. The fraction of sp³-hybridized carbons (Fsp3) is 0.500. The number of aliphatic carboxylic acids is 1. The molecule has 1 saturated carbocycles. The highest BCUT2D eigenvalue weighted by Gasteiger charge is 2.29. The summed E-state index contributed by atoms with van der Waals surface area (Å²) in [5.74, 6) is -1.09. The number of carbonyl (C=O) groups is 2. The highest BCUT2D eigenvalue weighted by atomic mass is 16.4. The Balaban J connectivity index is 2.27. The predicted molar refractivity (Wildman–Crippen MR) is 76.7 cm³/mol. The van der Waals surface area contributed by atoms with Gasteiger partial charge in [-0.1, -0.05) is 38.0 Å². The number of rotatable bonds is 5. The second-order valence-electron chi connectivity index (χ2n) is 5.28. The van der Waals surface area contributed by atoms with E-state index in [2.05, 4.69) is 0 Å². The molecule has 0 spiro atoms. The van der Waals surface area contributed by atoms with E-state index >= 15 is 0 Å². The molecule has 0 heterocycles. The van der Waals surface area contributed by atoms with E-state index in [4.69, 9.17) is 5.11 Å². The average molecular weight is 275 g/mol. The minimum atomic E-state index is -0.945. The fourth-order valence-electron chi connectivity index (χ4n) is 2.92. The maximum atomic E-state index is 12.7. The van der Waals surface area contributed by atoms with Gasteiger partial charge in [-0.2, -0.15) is 0 Å². The first-order chi connectivity index (χ1) is 9.63. The van der Waals surface area contributed by atoms with Gasteiger partial charge in [0.2, 0.25) is 0 Å². The minimum absolute atomic E-state index is 0.0727. The van der Waals surface area contributed by atoms with Crippen LogP contribution in [-0.4, -0.2) is 34.5 Å². The maximum Gasteiger partial charge on any atom is 0.323 e. The number of amides is 1. The van der Waals surface area contributed by atoms with Crippen LogP contribution < -0.4 is 0 Å². The van der Waals surface area contributed by atoms with Gasteiger partial charge in [0.15, 0.2) is 0 Å². The lowest BCUT2D eigenvalue weighted by Crippen LogP contribution is -2.42. The topological polar surface area (TPSA) is 57.6 Å². The lowest BCUT2D eigenvalue weighted by molar-refractivity contribution is -0.138. The summed E-state index contributed by atoms with van der Waals surface area (Å²) in [6.07, 6.45) is 4.74. The third kappa shape index (κ3) is 3.18. The highest BCUT2D eigenvalue weighted by Crippen LogP contribution is 2.25. The fourth-order valence-corrected chi connectivity index (χ4v) is 2.92. The average Bonchev–Trinajstić information content (AvgIpc) is 2.97. The number of hydrogen-bond donors (Lipinski definition) is 1. The van der Waals surface area contributed by atoms with Crippen LogP contribution in [0.1, 0.15) is 48.5 Å². The van der Waals surface area contributed by atoms with Gasteiger partial charge in [0, 0.05) is 11.6 Å². The Bertz CT molecular complexity index is 492. The van der Waals surface area contributed by atoms with E-state index in [0.717, 1.165) is 37.7 Å². The lowest BCUT2D eigenvalue weighted by Gasteiger charge is -2.28. The Kier molecular flexibility index (Phi) is 4.77. The first-order valence-electron chi connectivity index (χ1n) is 7.24. The van der Waals surface area contributed by atoms with Gasteiger partial charge < -0.3 is 10.0 Å². The van der Waals surface area contributed by atoms with Crippen molar-refractivity contribution < 1.29 is 14.7 Å². The standard InChI is InChI=1S/C16H21NO3/c1-2-12-7-3-6-10-14(12)16(20)17(11-15(18)19)13-8-4-5-9-13/h3,6-7,10,13H,2,4-5,8-9,11H2,1H3,(H,18,19). The molecule has 20 heavy (non-hydrogen) atoms. The van der Waals surface area contributed by atoms with Crippen LogP contribution in [0.25, 0.3) is 0 Å². The van der Waals surface area contributed by atoms with Crippen LogP contribution in [0.3, 0.4) is 0 Å². The maximum absolute atomic E-state index is 12.7. The normalized spacial score (nSPS) is 15.2. The van der Waals surface area contributed by atoms with Gasteiger partial charge in [-0.25, -0.2) is 0 Å². The Morgan fingerprint density at radius 3 is 2.50 bits per heavy atom. The molecular weight excluding hydrogens is 254 g/mol. The van der Waals surface area contributed by atoms with Crippen LogP contribution in [0.15, 0.2) is 24.3 Å². The van der Waals surface area contributed by atoms with Gasteiger partial charge in [0.1, 0.15) is 6.54 Å². The Morgan fingerprint density at radius 2 is 1.90 bits per heavy atom. The monoisotopic (exact) mass is 275 g/mol. The molecule has 0 unspecified atom stereocenters. The van der Waals surface area contributed by atoms with Crippen molar-refractivity contribution in [2.75, 3.05) is 6.54 Å². The molecule has 4 nitrogen and oxygen atoms in total. The van der Waals surface area contributed by atoms with Crippen LogP contribution in [0.5, 0.6) is 0 Å². The number of benzene rings is 1. The van der Waals surface area contributed by atoms with E-state index < -0.39 is 5.97 Å². The van der Waals surface area contributed by atoms with Crippen LogP contribution in [0.4, 0.5) is 0 Å². The first-order valence-corrected chi connectivity index (χ1v) is 7.24. The van der Waals surface area contributed by atoms with E-state index in [0.29, 0.717) is 5.56 Å². The third-order valence-electron chi connectivity index (χ3n) is 3.96. The molecular formula is C16H21NO3. The Hall–Kier alpha value is -1.84. The van der Waals surface area contributed by atoms with Crippen molar-refractivity contribution in [3.05, 3.63) is 35.4 Å². The number of aryl methyl sites for hydroxylation is 1. The summed E-state index contributed by atoms with van der Waals surface area (Å²) in [7, 11) is 0. The second-order valence-corrected chi connectivity index (χ2v) is 5.28. The Labute approximate surface area is 119 Å². The van der Waals surface area contributed by atoms with Crippen LogP contribution in [-0.2, 0) is 11.2 Å². The summed E-state index contributed by atoms with van der Waals surface area (Å²) >= 11 is 0. The minimum Gasteiger partial charge on any atom is -0.480 e. The van der Waals surface area contributed by atoms with Crippen LogP contribution in [0, 0.1) is 0 Å². The van der Waals surface area contributed by atoms with E-state index in [1.165, 1.54) is 0 Å². The van der Waals surface area contributed by atoms with Gasteiger partial charge in [0.05, 0.1) is 0 Å². The number of nitrogens with zero attached hydrogens (tertiary/aromatic N) is 1. The molecule has 1 amide bonds. The van der Waals surface area contributed by atoms with Crippen molar-refractivity contribution >= 4 is 11.9 Å². The van der Waals surface area contributed by atoms with E-state index in [-0.39, 0.29) is 18.5 Å². The summed E-state index contributed by atoms with van der Waals surface area (Å²) in [5, 5.41) is 9.07. The summed E-state index contributed by atoms with van der Waals surface area (Å²) in [5.41, 5.74) is 1.62. The van der Waals surface area contributed by atoms with E-state index in [1.807, 2.05) is 25.1 Å². The molecule has 0 atom stereocenters. The van der Waals surface area contributed by atoms with E-state index in [1.54, 1.807) is 11.0 Å². The summed E-state index contributed by atoms with van der Waals surface area (Å²) in [6, 6.07) is 7.54. The van der Waals surface area contributed by atoms with Crippen molar-refractivity contribution in [1.82, 2.24) is 4.90 Å². The quantitative estimate of drug-likeness (QED) is 0.899. The van der Waals surface area contributed by atoms with Crippen molar-refractivity contribution in [2.45, 2.75) is 45.1 Å². The molecule has 0 bridgehead atoms. The molecule has 108 valence electrons. The second kappa shape index (κ2) is 6.55. The largest absolute Gasteiger partial charge is 0.480 e. The SMILES string of the molecule is CCc1ccccc1C(=O)N(CC(=O)O)C1CCCC1. The zero-order valence-corrected chi connectivity index (χ0v) is 11.8. The molecule has 2 rings (SSSR count). The van der Waals surface area contributed by atoms with Crippen LogP contribution in [0.2, 0.25) is 0 Å². The molecule has 0 radical (unpaired) electrons. The van der Waals surface area contributed by atoms with Crippen molar-refractivity contribution in [1.29, 1.82) is 0 Å². The van der Waals surface area contributed by atoms with Crippen molar-refractivity contribution in [2.24, 2.45) is 0 Å². The van der Waals surface area contributed by atoms with Gasteiger partial charge in [0.25, 0.3) is 5.91 Å².